The van der Waals surface area contributed by atoms with Gasteiger partial charge in [-0.2, -0.15) is 0 Å². The highest BCUT2D eigenvalue weighted by atomic mass is 16.2. The number of nitrogens with two attached hydrogens (primary N) is 2. The van der Waals surface area contributed by atoms with E-state index in [0.29, 0.717) is 25.1 Å². The van der Waals surface area contributed by atoms with Crippen molar-refractivity contribution < 1.29 is 24.0 Å². The lowest BCUT2D eigenvalue weighted by molar-refractivity contribution is -0.133. The van der Waals surface area contributed by atoms with Crippen LogP contribution in [0.2, 0.25) is 0 Å². The minimum Gasteiger partial charge on any atom is -0.348 e. The summed E-state index contributed by atoms with van der Waals surface area (Å²) < 4.78 is 0. The van der Waals surface area contributed by atoms with Crippen LogP contribution in [0.1, 0.15) is 36.1 Å². The number of carbonyl (C=O) groups excluding carboxylic acids is 5. The number of carbonyl (C=O) groups is 4. The van der Waals surface area contributed by atoms with Crippen molar-refractivity contribution in [1.29, 1.82) is 0 Å². The number of H-pyrrole nitrogens is 1. The standard InChI is InChI=1S/C32H41N8O5/c33-14-8-7-13-26(39-32(45)28(38-29(42)18-34)17-24-19-35-21-36-24)30(43)40-27(16-23-11-5-2-6-12-23)31(44)37-25(20-41)15-22-9-3-1-4-10-22/h1-6,9-12,19,21,25-28H,7-8,13-18,33-34H2,(H,35,36)(H,37,44)(H,38,42)(H,39,45)(H,40,43)/t25-,26-,27-,28-/m0/s1. The molecule has 13 heteroatoms. The molecule has 13 nitrogen and oxygen atoms in total. The molecule has 0 aliphatic heterocycles. The van der Waals surface area contributed by atoms with Gasteiger partial charge in [-0.1, -0.05) is 60.7 Å². The molecular formula is C32H41N8O5. The average Bonchev–Trinajstić information content (AvgIpc) is 3.57. The number of nitrogens with zero attached hydrogens (tertiary/aromatic N) is 1. The van der Waals surface area contributed by atoms with Crippen LogP contribution in [0.5, 0.6) is 0 Å². The Bertz CT molecular complexity index is 1350. The van der Waals surface area contributed by atoms with Gasteiger partial charge in [0, 0.05) is 31.2 Å². The highest BCUT2D eigenvalue weighted by Crippen LogP contribution is 2.09. The van der Waals surface area contributed by atoms with Crippen molar-refractivity contribution in [3.05, 3.63) is 90.0 Å². The van der Waals surface area contributed by atoms with E-state index in [1.807, 2.05) is 66.9 Å². The zero-order chi connectivity index (χ0) is 32.4. The molecule has 1 heterocycles. The molecule has 0 saturated heterocycles. The quantitative estimate of drug-likeness (QED) is 0.0875. The highest BCUT2D eigenvalue weighted by molar-refractivity contribution is 5.95. The van der Waals surface area contributed by atoms with Crippen molar-refractivity contribution in [3.8, 4) is 0 Å². The number of hydrogen-bond donors (Lipinski definition) is 7. The molecule has 2 aromatic carbocycles. The van der Waals surface area contributed by atoms with Crippen LogP contribution in [0.4, 0.5) is 0 Å². The molecule has 239 valence electrons. The summed E-state index contributed by atoms with van der Waals surface area (Å²) in [5, 5.41) is 10.8. The van der Waals surface area contributed by atoms with Crippen LogP contribution in [0, 0.1) is 0 Å². The Morgan fingerprint density at radius 3 is 1.89 bits per heavy atom. The number of rotatable bonds is 19. The van der Waals surface area contributed by atoms with E-state index in [0.717, 1.165) is 11.1 Å². The fraction of sp³-hybridized carbons (Fsp3) is 0.375. The van der Waals surface area contributed by atoms with Gasteiger partial charge in [0.05, 0.1) is 18.9 Å². The molecule has 0 saturated carbocycles. The molecule has 9 N–H and O–H groups in total. The predicted molar refractivity (Wildman–Crippen MR) is 168 cm³/mol. The number of hydrogen-bond acceptors (Lipinski definition) is 8. The molecule has 45 heavy (non-hydrogen) atoms. The summed E-state index contributed by atoms with van der Waals surface area (Å²) >= 11 is 0. The zero-order valence-electron chi connectivity index (χ0n) is 25.0. The maximum Gasteiger partial charge on any atom is 0.243 e. The van der Waals surface area contributed by atoms with E-state index in [4.69, 9.17) is 11.5 Å². The first kappa shape index (κ1) is 34.6. The first-order valence-electron chi connectivity index (χ1n) is 14.9. The SMILES string of the molecule is NCCCC[C@H](NC(=O)[C@H](Cc1cnc[nH]1)NC(=O)CN)C(=O)N[C@@H](Cc1ccccc1)C(=O)N[C@H]([C]=O)Cc1ccccc1. The van der Waals surface area contributed by atoms with Crippen LogP contribution in [-0.4, -0.2) is 77.1 Å². The van der Waals surface area contributed by atoms with Crippen LogP contribution >= 0.6 is 0 Å². The topological polar surface area (TPSA) is 214 Å². The van der Waals surface area contributed by atoms with Gasteiger partial charge in [0.2, 0.25) is 29.9 Å². The van der Waals surface area contributed by atoms with E-state index in [1.54, 1.807) is 0 Å². The molecule has 1 aromatic heterocycles. The molecule has 0 spiro atoms. The van der Waals surface area contributed by atoms with E-state index in [1.165, 1.54) is 12.5 Å². The number of nitrogens with one attached hydrogen (secondary N) is 5. The first-order valence-corrected chi connectivity index (χ1v) is 14.9. The number of benzene rings is 2. The summed E-state index contributed by atoms with van der Waals surface area (Å²) in [6.07, 6.45) is 6.64. The highest BCUT2D eigenvalue weighted by Gasteiger charge is 2.30. The number of aromatic nitrogens is 2. The smallest absolute Gasteiger partial charge is 0.243 e. The van der Waals surface area contributed by atoms with Gasteiger partial charge in [0.15, 0.2) is 0 Å². The summed E-state index contributed by atoms with van der Waals surface area (Å²) in [5.41, 5.74) is 13.3. The third-order valence-electron chi connectivity index (χ3n) is 7.05. The van der Waals surface area contributed by atoms with Crippen molar-refractivity contribution in [2.24, 2.45) is 11.5 Å². The molecule has 0 unspecified atom stereocenters. The Morgan fingerprint density at radius 1 is 0.733 bits per heavy atom. The van der Waals surface area contributed by atoms with Gasteiger partial charge >= 0.3 is 0 Å². The molecule has 0 aliphatic carbocycles. The lowest BCUT2D eigenvalue weighted by Gasteiger charge is -2.26. The molecule has 0 fully saturated rings. The van der Waals surface area contributed by atoms with Crippen molar-refractivity contribution in [3.63, 3.8) is 0 Å². The molecule has 3 aromatic rings. The summed E-state index contributed by atoms with van der Waals surface area (Å²) in [6.45, 7) is 0.0638. The van der Waals surface area contributed by atoms with Crippen LogP contribution in [0.15, 0.2) is 73.2 Å². The number of unbranched alkanes of at least 4 members (excludes halogenated alkanes) is 1. The van der Waals surface area contributed by atoms with E-state index in [9.17, 15) is 24.0 Å². The zero-order valence-corrected chi connectivity index (χ0v) is 25.0. The van der Waals surface area contributed by atoms with Gasteiger partial charge in [-0.3, -0.25) is 24.0 Å². The molecule has 0 bridgehead atoms. The number of aromatic amines is 1. The van der Waals surface area contributed by atoms with E-state index >= 15 is 0 Å². The van der Waals surface area contributed by atoms with Crippen molar-refractivity contribution in [2.45, 2.75) is 62.7 Å². The summed E-state index contributed by atoms with van der Waals surface area (Å²) in [4.78, 5) is 71.3. The molecule has 4 atom stereocenters. The second kappa shape index (κ2) is 18.7. The van der Waals surface area contributed by atoms with Gasteiger partial charge in [0.25, 0.3) is 0 Å². The molecular weight excluding hydrogens is 576 g/mol. The molecule has 1 radical (unpaired) electrons. The van der Waals surface area contributed by atoms with Gasteiger partial charge in [0.1, 0.15) is 18.1 Å². The van der Waals surface area contributed by atoms with Crippen molar-refractivity contribution in [2.75, 3.05) is 13.1 Å². The summed E-state index contributed by atoms with van der Waals surface area (Å²) in [5.74, 6) is -2.33. The maximum absolute atomic E-state index is 13.7. The Balaban J connectivity index is 1.79. The summed E-state index contributed by atoms with van der Waals surface area (Å²) in [7, 11) is 0. The lowest BCUT2D eigenvalue weighted by atomic mass is 10.0. The van der Waals surface area contributed by atoms with E-state index < -0.39 is 47.8 Å². The van der Waals surface area contributed by atoms with Crippen LogP contribution in [0.3, 0.4) is 0 Å². The fourth-order valence-electron chi connectivity index (χ4n) is 4.69. The van der Waals surface area contributed by atoms with Crippen LogP contribution < -0.4 is 32.7 Å². The van der Waals surface area contributed by atoms with Crippen LogP contribution in [-0.2, 0) is 43.2 Å². The van der Waals surface area contributed by atoms with Crippen molar-refractivity contribution in [1.82, 2.24) is 31.2 Å². The molecule has 0 aliphatic rings. The van der Waals surface area contributed by atoms with E-state index in [2.05, 4.69) is 31.2 Å². The minimum atomic E-state index is -1.07. The Morgan fingerprint density at radius 2 is 1.31 bits per heavy atom. The fourth-order valence-corrected chi connectivity index (χ4v) is 4.69. The number of amides is 4. The minimum absolute atomic E-state index is 0.0821. The maximum atomic E-state index is 13.7. The lowest BCUT2D eigenvalue weighted by Crippen LogP contribution is -2.58. The predicted octanol–water partition coefficient (Wildman–Crippen LogP) is -0.426. The molecule has 4 amide bonds. The first-order chi connectivity index (χ1) is 21.8. The Kier molecular flexibility index (Phi) is 14.4. The van der Waals surface area contributed by atoms with Gasteiger partial charge in [-0.25, -0.2) is 4.98 Å². The third-order valence-corrected chi connectivity index (χ3v) is 7.05. The Hall–Kier alpha value is -4.88. The summed E-state index contributed by atoms with van der Waals surface area (Å²) in [6, 6.07) is 14.2. The molecule has 3 rings (SSSR count). The van der Waals surface area contributed by atoms with Gasteiger partial charge < -0.3 is 37.7 Å². The average molecular weight is 618 g/mol. The van der Waals surface area contributed by atoms with Crippen LogP contribution in [0.25, 0.3) is 0 Å². The van der Waals surface area contributed by atoms with Crippen molar-refractivity contribution >= 4 is 29.9 Å². The van der Waals surface area contributed by atoms with E-state index in [-0.39, 0.29) is 32.2 Å². The van der Waals surface area contributed by atoms with Gasteiger partial charge in [-0.05, 0) is 36.9 Å². The normalized spacial score (nSPS) is 13.5. The largest absolute Gasteiger partial charge is 0.348 e. The van der Waals surface area contributed by atoms with Gasteiger partial charge in [-0.15, -0.1) is 0 Å². The third kappa shape index (κ3) is 12.0. The second-order valence-corrected chi connectivity index (χ2v) is 10.6. The Labute approximate surface area is 262 Å². The monoisotopic (exact) mass is 617 g/mol. The number of imidazole rings is 1. The second-order valence-electron chi connectivity index (χ2n) is 10.6.